The monoisotopic (exact) mass is 376 g/mol. The van der Waals surface area contributed by atoms with Crippen molar-refractivity contribution in [3.8, 4) is 0 Å². The highest BCUT2D eigenvalue weighted by Gasteiger charge is 2.36. The molecular formula is C26H36N2+2. The van der Waals surface area contributed by atoms with E-state index in [1.807, 2.05) is 12.2 Å². The van der Waals surface area contributed by atoms with Crippen molar-refractivity contribution in [2.45, 2.75) is 12.8 Å². The highest BCUT2D eigenvalue weighted by Crippen LogP contribution is 2.19. The van der Waals surface area contributed by atoms with E-state index < -0.39 is 0 Å². The maximum atomic E-state index is 3.89. The molecule has 0 unspecified atom stereocenters. The van der Waals surface area contributed by atoms with Crippen LogP contribution in [0.2, 0.25) is 0 Å². The van der Waals surface area contributed by atoms with Crippen molar-refractivity contribution in [3.63, 3.8) is 0 Å². The number of hydrogen-bond acceptors (Lipinski definition) is 0. The minimum Gasteiger partial charge on any atom is -0.316 e. The summed E-state index contributed by atoms with van der Waals surface area (Å²) in [6, 6.07) is 17.6. The number of likely N-dealkylation sites (N-methyl/N-ethyl adjacent to an activating group) is 2. The molecular weight excluding hydrogens is 340 g/mol. The molecule has 2 aromatic carbocycles. The standard InChI is InChI=1S/C26H36N2/c1-5-23-9-7-11-25(21-23)13-15-27(3)17-19-28(4,20-18-27)16-14-26-12-8-10-24(6-2)22-26/h5-12,21-22H,1-2,13-20H2,3-4H3/q+2. The van der Waals surface area contributed by atoms with Gasteiger partial charge in [-0.25, -0.2) is 0 Å². The van der Waals surface area contributed by atoms with Crippen LogP contribution in [0.1, 0.15) is 22.3 Å². The Hall–Kier alpha value is -2.16. The second kappa shape index (κ2) is 8.89. The van der Waals surface area contributed by atoms with Gasteiger partial charge in [-0.05, 0) is 22.3 Å². The van der Waals surface area contributed by atoms with Crippen LogP contribution in [0.4, 0.5) is 0 Å². The Morgan fingerprint density at radius 3 is 1.46 bits per heavy atom. The largest absolute Gasteiger partial charge is 0.316 e. The second-order valence-corrected chi connectivity index (χ2v) is 8.98. The first-order valence-corrected chi connectivity index (χ1v) is 10.5. The van der Waals surface area contributed by atoms with Crippen molar-refractivity contribution in [2.24, 2.45) is 0 Å². The van der Waals surface area contributed by atoms with E-state index in [2.05, 4.69) is 75.8 Å². The van der Waals surface area contributed by atoms with Crippen LogP contribution in [0.15, 0.2) is 61.7 Å². The van der Waals surface area contributed by atoms with Gasteiger partial charge in [0.25, 0.3) is 0 Å². The summed E-state index contributed by atoms with van der Waals surface area (Å²) >= 11 is 0. The average Bonchev–Trinajstić information content (AvgIpc) is 2.74. The van der Waals surface area contributed by atoms with Crippen molar-refractivity contribution < 1.29 is 8.97 Å². The summed E-state index contributed by atoms with van der Waals surface area (Å²) in [6.45, 7) is 15.3. The lowest BCUT2D eigenvalue weighted by Gasteiger charge is -2.46. The molecule has 1 heterocycles. The maximum absolute atomic E-state index is 3.89. The van der Waals surface area contributed by atoms with Crippen LogP contribution in [0, 0.1) is 0 Å². The zero-order chi connectivity index (χ0) is 20.0. The van der Waals surface area contributed by atoms with E-state index in [4.69, 9.17) is 0 Å². The minimum absolute atomic E-state index is 1.15. The Labute approximate surface area is 171 Å². The number of benzene rings is 2. The van der Waals surface area contributed by atoms with Crippen LogP contribution in [0.3, 0.4) is 0 Å². The summed E-state index contributed by atoms with van der Waals surface area (Å²) in [4.78, 5) is 0. The van der Waals surface area contributed by atoms with Gasteiger partial charge < -0.3 is 8.97 Å². The molecule has 2 nitrogen and oxygen atoms in total. The lowest BCUT2D eigenvalue weighted by Crippen LogP contribution is -2.64. The van der Waals surface area contributed by atoms with Gasteiger partial charge in [0.05, 0.1) is 27.2 Å². The van der Waals surface area contributed by atoms with Gasteiger partial charge in [-0.2, -0.15) is 0 Å². The number of nitrogens with zero attached hydrogens (tertiary/aromatic N) is 2. The number of hydrogen-bond donors (Lipinski definition) is 0. The van der Waals surface area contributed by atoms with E-state index in [1.54, 1.807) is 0 Å². The summed E-state index contributed by atoms with van der Waals surface area (Å²) in [5.41, 5.74) is 5.32. The zero-order valence-electron chi connectivity index (χ0n) is 17.7. The topological polar surface area (TPSA) is 0 Å². The fraction of sp³-hybridized carbons (Fsp3) is 0.385. The molecule has 0 atom stereocenters. The van der Waals surface area contributed by atoms with Gasteiger partial charge in [-0.1, -0.05) is 73.8 Å². The second-order valence-electron chi connectivity index (χ2n) is 8.98. The van der Waals surface area contributed by atoms with Gasteiger partial charge in [0.15, 0.2) is 0 Å². The van der Waals surface area contributed by atoms with Crippen LogP contribution in [0.5, 0.6) is 0 Å². The van der Waals surface area contributed by atoms with E-state index in [1.165, 1.54) is 70.5 Å². The normalized spacial score (nSPS) is 24.6. The lowest BCUT2D eigenvalue weighted by molar-refractivity contribution is -1.01. The third-order valence-electron chi connectivity index (χ3n) is 6.61. The van der Waals surface area contributed by atoms with Gasteiger partial charge in [-0.15, -0.1) is 0 Å². The first kappa shape index (κ1) is 20.6. The summed E-state index contributed by atoms with van der Waals surface area (Å²) in [7, 11) is 4.88. The highest BCUT2D eigenvalue weighted by molar-refractivity contribution is 5.48. The molecule has 1 fully saturated rings. The van der Waals surface area contributed by atoms with Crippen LogP contribution >= 0.6 is 0 Å². The van der Waals surface area contributed by atoms with Crippen LogP contribution in [-0.4, -0.2) is 62.3 Å². The molecule has 0 spiro atoms. The van der Waals surface area contributed by atoms with Gasteiger partial charge in [0.1, 0.15) is 26.2 Å². The van der Waals surface area contributed by atoms with Gasteiger partial charge in [0.2, 0.25) is 0 Å². The van der Waals surface area contributed by atoms with Crippen LogP contribution < -0.4 is 0 Å². The van der Waals surface area contributed by atoms with Crippen molar-refractivity contribution in [1.29, 1.82) is 0 Å². The van der Waals surface area contributed by atoms with E-state index in [0.29, 0.717) is 0 Å². The quantitative estimate of drug-likeness (QED) is 0.588. The summed E-state index contributed by atoms with van der Waals surface area (Å²) in [6.07, 6.45) is 6.18. The maximum Gasteiger partial charge on any atom is 0.128 e. The molecule has 3 rings (SSSR count). The Bertz CT molecular complexity index is 743. The van der Waals surface area contributed by atoms with Gasteiger partial charge in [0, 0.05) is 12.8 Å². The molecule has 0 amide bonds. The summed E-state index contributed by atoms with van der Waals surface area (Å²) in [5.74, 6) is 0. The fourth-order valence-electron chi connectivity index (χ4n) is 4.19. The van der Waals surface area contributed by atoms with Crippen LogP contribution in [0.25, 0.3) is 12.2 Å². The first-order chi connectivity index (χ1) is 13.4. The predicted octanol–water partition coefficient (Wildman–Crippen LogP) is 4.66. The molecule has 0 aromatic heterocycles. The Morgan fingerprint density at radius 2 is 1.11 bits per heavy atom. The Morgan fingerprint density at radius 1 is 0.714 bits per heavy atom. The number of quaternary nitrogens is 2. The highest BCUT2D eigenvalue weighted by atomic mass is 15.4. The molecule has 0 radical (unpaired) electrons. The molecule has 0 aliphatic carbocycles. The Kier molecular flexibility index (Phi) is 6.53. The average molecular weight is 377 g/mol. The lowest BCUT2D eigenvalue weighted by atomic mass is 10.1. The fourth-order valence-corrected chi connectivity index (χ4v) is 4.19. The molecule has 0 saturated carbocycles. The molecule has 1 saturated heterocycles. The van der Waals surface area contributed by atoms with E-state index in [9.17, 15) is 0 Å². The van der Waals surface area contributed by atoms with Crippen molar-refractivity contribution >= 4 is 12.2 Å². The minimum atomic E-state index is 1.15. The molecule has 1 aliphatic heterocycles. The molecule has 148 valence electrons. The van der Waals surface area contributed by atoms with Gasteiger partial charge in [-0.3, -0.25) is 0 Å². The number of rotatable bonds is 8. The molecule has 1 aliphatic rings. The Balaban J connectivity index is 1.51. The predicted molar refractivity (Wildman–Crippen MR) is 122 cm³/mol. The van der Waals surface area contributed by atoms with E-state index >= 15 is 0 Å². The SMILES string of the molecule is C=Cc1cccc(CC[N+]2(C)CC[N+](C)(CCc3cccc(C=C)c3)CC2)c1. The number of piperazine rings is 1. The zero-order valence-corrected chi connectivity index (χ0v) is 17.7. The van der Waals surface area contributed by atoms with Crippen molar-refractivity contribution in [2.75, 3.05) is 53.4 Å². The smallest absolute Gasteiger partial charge is 0.128 e. The van der Waals surface area contributed by atoms with E-state index in [0.717, 1.165) is 12.8 Å². The molecule has 0 bridgehead atoms. The van der Waals surface area contributed by atoms with Gasteiger partial charge >= 0.3 is 0 Å². The van der Waals surface area contributed by atoms with Crippen molar-refractivity contribution in [1.82, 2.24) is 0 Å². The van der Waals surface area contributed by atoms with Crippen LogP contribution in [-0.2, 0) is 12.8 Å². The molecule has 2 heteroatoms. The van der Waals surface area contributed by atoms with E-state index in [-0.39, 0.29) is 0 Å². The first-order valence-electron chi connectivity index (χ1n) is 10.5. The van der Waals surface area contributed by atoms with Crippen molar-refractivity contribution in [3.05, 3.63) is 83.9 Å². The third kappa shape index (κ3) is 5.43. The third-order valence-corrected chi connectivity index (χ3v) is 6.61. The molecule has 28 heavy (non-hydrogen) atoms. The summed E-state index contributed by atoms with van der Waals surface area (Å²) < 4.78 is 2.39. The summed E-state index contributed by atoms with van der Waals surface area (Å²) in [5, 5.41) is 0. The molecule has 0 N–H and O–H groups in total. The molecule has 2 aromatic rings.